The van der Waals surface area contributed by atoms with Crippen LogP contribution < -0.4 is 0 Å². The quantitative estimate of drug-likeness (QED) is 0.255. The molecule has 2 radical (unpaired) electrons. The topological polar surface area (TPSA) is 0 Å². The maximum absolute atomic E-state index is 3.48. The average Bonchev–Trinajstić information content (AvgIpc) is 2.26. The standard InChI is InChI=1S/C13H27BrSi/c1-2-3-4-5-6-9-12-15-13-10-7-8-11-14/h2-13H2,1H3. The molecule has 0 heterocycles. The van der Waals surface area contributed by atoms with Gasteiger partial charge in [-0.2, -0.15) is 0 Å². The van der Waals surface area contributed by atoms with E-state index in [-0.39, 0.29) is 0 Å². The van der Waals surface area contributed by atoms with E-state index < -0.39 is 0 Å². The Morgan fingerprint density at radius 3 is 1.87 bits per heavy atom. The van der Waals surface area contributed by atoms with Crippen molar-refractivity contribution in [2.45, 2.75) is 76.8 Å². The van der Waals surface area contributed by atoms with Gasteiger partial charge in [0, 0.05) is 14.8 Å². The molecule has 0 aliphatic heterocycles. The van der Waals surface area contributed by atoms with Gasteiger partial charge in [-0.1, -0.05) is 86.3 Å². The predicted molar refractivity (Wildman–Crippen MR) is 76.4 cm³/mol. The third-order valence-corrected chi connectivity index (χ3v) is 4.67. The Kier molecular flexibility index (Phi) is 15.4. The molecule has 0 amide bonds. The lowest BCUT2D eigenvalue weighted by Gasteiger charge is -2.01. The Bertz CT molecular complexity index is 94.7. The molecule has 0 fully saturated rings. The van der Waals surface area contributed by atoms with E-state index in [4.69, 9.17) is 0 Å². The minimum Gasteiger partial charge on any atom is -0.0928 e. The van der Waals surface area contributed by atoms with Crippen LogP contribution in [-0.2, 0) is 0 Å². The molecule has 0 bridgehead atoms. The first-order chi connectivity index (χ1) is 7.41. The first kappa shape index (κ1) is 15.7. The summed E-state index contributed by atoms with van der Waals surface area (Å²) in [6.07, 6.45) is 13.0. The fourth-order valence-electron chi connectivity index (χ4n) is 1.68. The number of rotatable bonds is 12. The number of hydrogen-bond donors (Lipinski definition) is 0. The Balaban J connectivity index is 2.81. The lowest BCUT2D eigenvalue weighted by Crippen LogP contribution is -1.90. The second-order valence-corrected chi connectivity index (χ2v) is 6.56. The predicted octanol–water partition coefficient (Wildman–Crippen LogP) is 5.45. The molecule has 0 aromatic carbocycles. The number of halogens is 1. The van der Waals surface area contributed by atoms with E-state index >= 15 is 0 Å². The van der Waals surface area contributed by atoms with Crippen LogP contribution in [0.25, 0.3) is 0 Å². The molecule has 90 valence electrons. The lowest BCUT2D eigenvalue weighted by molar-refractivity contribution is 0.623. The number of unbranched alkanes of at least 4 members (excludes halogenated alkanes) is 7. The van der Waals surface area contributed by atoms with Crippen LogP contribution >= 0.6 is 15.9 Å². The molecule has 0 saturated carbocycles. The maximum Gasteiger partial charge on any atom is 0.0378 e. The van der Waals surface area contributed by atoms with Gasteiger partial charge in [-0.25, -0.2) is 0 Å². The summed E-state index contributed by atoms with van der Waals surface area (Å²) in [4.78, 5) is 0. The smallest absolute Gasteiger partial charge is 0.0378 e. The highest BCUT2D eigenvalue weighted by Crippen LogP contribution is 2.09. The Hall–Kier alpha value is 0.697. The van der Waals surface area contributed by atoms with Gasteiger partial charge in [0.2, 0.25) is 0 Å². The van der Waals surface area contributed by atoms with E-state index in [1.165, 1.54) is 84.7 Å². The second-order valence-electron chi connectivity index (χ2n) is 4.27. The molecule has 0 aromatic heterocycles. The molecule has 15 heavy (non-hydrogen) atoms. The molecule has 2 heteroatoms. The summed E-state index contributed by atoms with van der Waals surface area (Å²) < 4.78 is 0. The minimum atomic E-state index is 1.19. The van der Waals surface area contributed by atoms with Crippen LogP contribution in [0.1, 0.15) is 64.7 Å². The van der Waals surface area contributed by atoms with Crippen molar-refractivity contribution in [3.63, 3.8) is 0 Å². The van der Waals surface area contributed by atoms with Crippen molar-refractivity contribution in [3.05, 3.63) is 0 Å². The van der Waals surface area contributed by atoms with E-state index in [9.17, 15) is 0 Å². The normalized spacial score (nSPS) is 10.8. The zero-order chi connectivity index (χ0) is 11.2. The van der Waals surface area contributed by atoms with Gasteiger partial charge >= 0.3 is 0 Å². The molecular formula is C13H27BrSi. The van der Waals surface area contributed by atoms with Crippen molar-refractivity contribution >= 4 is 25.4 Å². The van der Waals surface area contributed by atoms with E-state index in [0.29, 0.717) is 0 Å². The van der Waals surface area contributed by atoms with Crippen LogP contribution in [0.5, 0.6) is 0 Å². The largest absolute Gasteiger partial charge is 0.0928 e. The molecule has 0 saturated heterocycles. The SMILES string of the molecule is CCCCCCCC[Si]CCCCCBr. The van der Waals surface area contributed by atoms with Gasteiger partial charge in [0.1, 0.15) is 0 Å². The first-order valence-corrected chi connectivity index (χ1v) is 9.22. The summed E-state index contributed by atoms with van der Waals surface area (Å²) >= 11 is 3.48. The van der Waals surface area contributed by atoms with Crippen molar-refractivity contribution in [3.8, 4) is 0 Å². The highest BCUT2D eigenvalue weighted by Gasteiger charge is 1.93. The summed E-state index contributed by atoms with van der Waals surface area (Å²) in [5.74, 6) is 0. The fourth-order valence-corrected chi connectivity index (χ4v) is 3.32. The average molecular weight is 291 g/mol. The zero-order valence-corrected chi connectivity index (χ0v) is 12.9. The van der Waals surface area contributed by atoms with Gasteiger partial charge in [0.15, 0.2) is 0 Å². The summed E-state index contributed by atoms with van der Waals surface area (Å²) in [6.45, 7) is 2.29. The summed E-state index contributed by atoms with van der Waals surface area (Å²) in [7, 11) is 1.24. The van der Waals surface area contributed by atoms with Gasteiger partial charge in [-0.05, 0) is 6.42 Å². The number of hydrogen-bond acceptors (Lipinski definition) is 0. The van der Waals surface area contributed by atoms with Crippen LogP contribution in [0.2, 0.25) is 12.1 Å². The second kappa shape index (κ2) is 14.7. The molecular weight excluding hydrogens is 264 g/mol. The van der Waals surface area contributed by atoms with Crippen molar-refractivity contribution in [1.82, 2.24) is 0 Å². The summed E-state index contributed by atoms with van der Waals surface area (Å²) in [6, 6.07) is 2.99. The van der Waals surface area contributed by atoms with Gasteiger partial charge < -0.3 is 0 Å². The lowest BCUT2D eigenvalue weighted by atomic mass is 10.1. The van der Waals surface area contributed by atoms with E-state index in [1.807, 2.05) is 0 Å². The van der Waals surface area contributed by atoms with Crippen molar-refractivity contribution < 1.29 is 0 Å². The molecule has 0 rings (SSSR count). The fraction of sp³-hybridized carbons (Fsp3) is 1.00. The summed E-state index contributed by atoms with van der Waals surface area (Å²) in [5, 5.41) is 1.19. The van der Waals surface area contributed by atoms with E-state index in [0.717, 1.165) is 0 Å². The van der Waals surface area contributed by atoms with Crippen LogP contribution in [0.3, 0.4) is 0 Å². The molecule has 0 aromatic rings. The van der Waals surface area contributed by atoms with Crippen LogP contribution in [-0.4, -0.2) is 14.8 Å². The molecule has 0 atom stereocenters. The maximum atomic E-state index is 3.48. The van der Waals surface area contributed by atoms with Crippen molar-refractivity contribution in [1.29, 1.82) is 0 Å². The van der Waals surface area contributed by atoms with Gasteiger partial charge in [0.05, 0.1) is 0 Å². The van der Waals surface area contributed by atoms with Crippen LogP contribution in [0.4, 0.5) is 0 Å². The minimum absolute atomic E-state index is 1.19. The highest BCUT2D eigenvalue weighted by molar-refractivity contribution is 9.09. The van der Waals surface area contributed by atoms with E-state index in [2.05, 4.69) is 22.9 Å². The summed E-state index contributed by atoms with van der Waals surface area (Å²) in [5.41, 5.74) is 0. The van der Waals surface area contributed by atoms with Crippen molar-refractivity contribution in [2.75, 3.05) is 5.33 Å². The highest BCUT2D eigenvalue weighted by atomic mass is 79.9. The van der Waals surface area contributed by atoms with Gasteiger partial charge in [0.25, 0.3) is 0 Å². The first-order valence-electron chi connectivity index (χ1n) is 6.68. The zero-order valence-electron chi connectivity index (χ0n) is 10.4. The molecule has 0 spiro atoms. The molecule has 0 N–H and O–H groups in total. The van der Waals surface area contributed by atoms with Gasteiger partial charge in [-0.3, -0.25) is 0 Å². The Labute approximate surface area is 108 Å². The van der Waals surface area contributed by atoms with Gasteiger partial charge in [-0.15, -0.1) is 0 Å². The molecule has 0 unspecified atom stereocenters. The van der Waals surface area contributed by atoms with Crippen LogP contribution in [0.15, 0.2) is 0 Å². The van der Waals surface area contributed by atoms with Crippen LogP contribution in [0, 0.1) is 0 Å². The Morgan fingerprint density at radius 1 is 0.733 bits per heavy atom. The molecule has 0 aliphatic carbocycles. The molecule has 0 nitrogen and oxygen atoms in total. The third kappa shape index (κ3) is 14.7. The number of alkyl halides is 1. The monoisotopic (exact) mass is 290 g/mol. The van der Waals surface area contributed by atoms with E-state index in [1.54, 1.807) is 0 Å². The molecule has 0 aliphatic rings. The Morgan fingerprint density at radius 2 is 1.27 bits per heavy atom. The van der Waals surface area contributed by atoms with Crippen molar-refractivity contribution in [2.24, 2.45) is 0 Å². The third-order valence-electron chi connectivity index (χ3n) is 2.69.